The molecule has 0 aliphatic heterocycles. The van der Waals surface area contributed by atoms with Crippen LogP contribution in [0.1, 0.15) is 18.9 Å². The van der Waals surface area contributed by atoms with Crippen LogP contribution in [-0.4, -0.2) is 18.3 Å². The summed E-state index contributed by atoms with van der Waals surface area (Å²) in [7, 11) is -1.51. The maximum Gasteiger partial charge on any atom is 0.184 e. The normalized spacial score (nSPS) is 14.2. The molecule has 0 radical (unpaired) electrons. The number of aromatic nitrogens is 2. The summed E-state index contributed by atoms with van der Waals surface area (Å²) in [6.45, 7) is 8.61. The number of aromatic amines is 1. The van der Waals surface area contributed by atoms with E-state index in [1.165, 1.54) is 0 Å². The van der Waals surface area contributed by atoms with Crippen LogP contribution in [0.15, 0.2) is 24.3 Å². The van der Waals surface area contributed by atoms with Gasteiger partial charge in [-0.1, -0.05) is 12.1 Å². The summed E-state index contributed by atoms with van der Waals surface area (Å²) in [5.41, 5.74) is 2.08. The Bertz CT molecular complexity index is 454. The number of benzene rings is 1. The van der Waals surface area contributed by atoms with E-state index in [0.717, 1.165) is 16.9 Å². The number of rotatable bonds is 3. The molecule has 2 rings (SSSR count). The minimum absolute atomic E-state index is 0.0408. The largest absolute Gasteiger partial charge is 0.408 e. The van der Waals surface area contributed by atoms with Crippen molar-refractivity contribution in [1.82, 2.24) is 9.97 Å². The fourth-order valence-electron chi connectivity index (χ4n) is 1.75. The van der Waals surface area contributed by atoms with E-state index >= 15 is 0 Å². The molecule has 2 aromatic rings. The van der Waals surface area contributed by atoms with Crippen LogP contribution in [0.25, 0.3) is 11.0 Å². The van der Waals surface area contributed by atoms with Gasteiger partial charge in [0.1, 0.15) is 11.9 Å². The van der Waals surface area contributed by atoms with Crippen LogP contribution in [0, 0.1) is 0 Å². The highest BCUT2D eigenvalue weighted by Crippen LogP contribution is 2.21. The second-order valence-corrected chi connectivity index (χ2v) is 9.47. The highest BCUT2D eigenvalue weighted by Gasteiger charge is 2.21. The zero-order chi connectivity index (χ0) is 11.8. The summed E-state index contributed by atoms with van der Waals surface area (Å²) in [5.74, 6) is 0.920. The van der Waals surface area contributed by atoms with Gasteiger partial charge in [-0.2, -0.15) is 0 Å². The Hall–Kier alpha value is -1.13. The van der Waals surface area contributed by atoms with Gasteiger partial charge in [0, 0.05) is 0 Å². The maximum absolute atomic E-state index is 6.00. The summed E-state index contributed by atoms with van der Waals surface area (Å²) in [4.78, 5) is 7.84. The molecule has 0 amide bonds. The number of para-hydroxylation sites is 2. The molecule has 4 heteroatoms. The molecule has 1 atom stereocenters. The smallest absolute Gasteiger partial charge is 0.184 e. The van der Waals surface area contributed by atoms with E-state index in [4.69, 9.17) is 4.43 Å². The first-order valence-electron chi connectivity index (χ1n) is 5.58. The van der Waals surface area contributed by atoms with Gasteiger partial charge in [-0.15, -0.1) is 0 Å². The average molecular weight is 234 g/mol. The summed E-state index contributed by atoms with van der Waals surface area (Å²) < 4.78 is 6.00. The number of hydrogen-bond acceptors (Lipinski definition) is 2. The van der Waals surface area contributed by atoms with Crippen LogP contribution < -0.4 is 0 Å². The molecule has 0 aliphatic carbocycles. The third-order valence-corrected chi connectivity index (χ3v) is 3.38. The minimum Gasteiger partial charge on any atom is -0.408 e. The van der Waals surface area contributed by atoms with E-state index in [-0.39, 0.29) is 6.10 Å². The number of H-pyrrole nitrogens is 1. The van der Waals surface area contributed by atoms with E-state index in [9.17, 15) is 0 Å². The van der Waals surface area contributed by atoms with Crippen LogP contribution in [0.4, 0.5) is 0 Å². The Labute approximate surface area is 97.0 Å². The fourth-order valence-corrected chi connectivity index (χ4v) is 2.92. The van der Waals surface area contributed by atoms with Crippen molar-refractivity contribution in [2.24, 2.45) is 0 Å². The Morgan fingerprint density at radius 1 is 1.25 bits per heavy atom. The lowest BCUT2D eigenvalue weighted by Crippen LogP contribution is -2.27. The van der Waals surface area contributed by atoms with Crippen molar-refractivity contribution in [3.63, 3.8) is 0 Å². The molecule has 0 bridgehead atoms. The zero-order valence-electron chi connectivity index (χ0n) is 10.2. The van der Waals surface area contributed by atoms with E-state index in [1.54, 1.807) is 0 Å². The molecule has 86 valence electrons. The zero-order valence-corrected chi connectivity index (χ0v) is 11.2. The second-order valence-electron chi connectivity index (χ2n) is 5.01. The van der Waals surface area contributed by atoms with Gasteiger partial charge in [0.2, 0.25) is 0 Å². The van der Waals surface area contributed by atoms with E-state index in [1.807, 2.05) is 24.3 Å². The predicted octanol–water partition coefficient (Wildman–Crippen LogP) is 3.48. The van der Waals surface area contributed by atoms with Crippen LogP contribution in [0.5, 0.6) is 0 Å². The van der Waals surface area contributed by atoms with Crippen molar-refractivity contribution in [1.29, 1.82) is 0 Å². The highest BCUT2D eigenvalue weighted by atomic mass is 28.4. The Morgan fingerprint density at radius 2 is 1.94 bits per heavy atom. The maximum atomic E-state index is 6.00. The molecule has 1 unspecified atom stereocenters. The summed E-state index contributed by atoms with van der Waals surface area (Å²) in [6, 6.07) is 8.05. The number of nitrogens with zero attached hydrogens (tertiary/aromatic N) is 1. The number of nitrogens with one attached hydrogen (secondary N) is 1. The number of imidazole rings is 1. The van der Waals surface area contributed by atoms with Crippen molar-refractivity contribution in [2.45, 2.75) is 32.7 Å². The minimum atomic E-state index is -1.51. The second kappa shape index (κ2) is 4.03. The molecule has 1 heterocycles. The fraction of sp³-hybridized carbons (Fsp3) is 0.417. The van der Waals surface area contributed by atoms with Gasteiger partial charge in [-0.05, 0) is 38.7 Å². The number of fused-ring (bicyclic) bond motifs is 1. The Balaban J connectivity index is 2.26. The monoisotopic (exact) mass is 234 g/mol. The van der Waals surface area contributed by atoms with Gasteiger partial charge < -0.3 is 9.41 Å². The summed E-state index contributed by atoms with van der Waals surface area (Å²) >= 11 is 0. The summed E-state index contributed by atoms with van der Waals surface area (Å²) in [6.07, 6.45) is 0.0408. The topological polar surface area (TPSA) is 37.9 Å². The van der Waals surface area contributed by atoms with Crippen molar-refractivity contribution in [3.8, 4) is 0 Å². The molecule has 3 nitrogen and oxygen atoms in total. The lowest BCUT2D eigenvalue weighted by atomic mass is 10.3. The van der Waals surface area contributed by atoms with Crippen LogP contribution in [0.2, 0.25) is 19.6 Å². The summed E-state index contributed by atoms with van der Waals surface area (Å²) in [5, 5.41) is 0. The molecule has 0 aliphatic rings. The lowest BCUT2D eigenvalue weighted by molar-refractivity contribution is 0.210. The molecule has 0 fully saturated rings. The first kappa shape index (κ1) is 11.4. The molecule has 0 saturated heterocycles. The van der Waals surface area contributed by atoms with Crippen molar-refractivity contribution in [3.05, 3.63) is 30.1 Å². The van der Waals surface area contributed by atoms with Crippen LogP contribution in [0.3, 0.4) is 0 Å². The van der Waals surface area contributed by atoms with Gasteiger partial charge in [0.15, 0.2) is 8.32 Å². The third kappa shape index (κ3) is 2.51. The highest BCUT2D eigenvalue weighted by molar-refractivity contribution is 6.69. The van der Waals surface area contributed by atoms with Gasteiger partial charge in [0.25, 0.3) is 0 Å². The van der Waals surface area contributed by atoms with Crippen molar-refractivity contribution < 1.29 is 4.43 Å². The SMILES string of the molecule is CC(O[Si](C)(C)C)c1nc2ccccc2[nH]1. The van der Waals surface area contributed by atoms with Gasteiger partial charge in [-0.3, -0.25) is 0 Å². The third-order valence-electron chi connectivity index (χ3n) is 2.32. The quantitative estimate of drug-likeness (QED) is 0.826. The molecule has 0 spiro atoms. The molecule has 0 saturated carbocycles. The molecule has 1 aromatic carbocycles. The lowest BCUT2D eigenvalue weighted by Gasteiger charge is -2.21. The van der Waals surface area contributed by atoms with E-state index in [2.05, 4.69) is 36.5 Å². The van der Waals surface area contributed by atoms with Crippen LogP contribution >= 0.6 is 0 Å². The molecule has 1 aromatic heterocycles. The average Bonchev–Trinajstić information content (AvgIpc) is 2.58. The number of hydrogen-bond donors (Lipinski definition) is 1. The van der Waals surface area contributed by atoms with Crippen LogP contribution in [-0.2, 0) is 4.43 Å². The Morgan fingerprint density at radius 3 is 2.56 bits per heavy atom. The Kier molecular flexibility index (Phi) is 2.86. The standard InChI is InChI=1S/C12H18N2OSi/c1-9(15-16(2,3)4)12-13-10-7-5-6-8-11(10)14-12/h5-9H,1-4H3,(H,13,14). The molecule has 16 heavy (non-hydrogen) atoms. The first-order chi connectivity index (χ1) is 7.46. The van der Waals surface area contributed by atoms with E-state index in [0.29, 0.717) is 0 Å². The van der Waals surface area contributed by atoms with Gasteiger partial charge >= 0.3 is 0 Å². The van der Waals surface area contributed by atoms with Crippen molar-refractivity contribution >= 4 is 19.4 Å². The van der Waals surface area contributed by atoms with Gasteiger partial charge in [0.05, 0.1) is 11.0 Å². The first-order valence-corrected chi connectivity index (χ1v) is 8.99. The van der Waals surface area contributed by atoms with E-state index < -0.39 is 8.32 Å². The molecular formula is C12H18N2OSi. The molecule has 1 N–H and O–H groups in total. The predicted molar refractivity (Wildman–Crippen MR) is 68.9 cm³/mol. The van der Waals surface area contributed by atoms with Gasteiger partial charge in [-0.25, -0.2) is 4.98 Å². The van der Waals surface area contributed by atoms with Crippen molar-refractivity contribution in [2.75, 3.05) is 0 Å². The molecular weight excluding hydrogens is 216 g/mol.